The van der Waals surface area contributed by atoms with E-state index in [4.69, 9.17) is 9.47 Å². The molecule has 1 aliphatic heterocycles. The number of aromatic nitrogens is 1. The molecule has 0 bridgehead atoms. The molecule has 0 saturated carbocycles. The molecule has 1 fully saturated rings. The minimum atomic E-state index is 0.0207. The smallest absolute Gasteiger partial charge is 0.254 e. The monoisotopic (exact) mass is 307 g/mol. The first-order chi connectivity index (χ1) is 10.7. The van der Waals surface area contributed by atoms with E-state index in [1.54, 1.807) is 32.5 Å². The van der Waals surface area contributed by atoms with Gasteiger partial charge in [-0.25, -0.2) is 4.98 Å². The van der Waals surface area contributed by atoms with Crippen molar-refractivity contribution in [2.45, 2.75) is 18.9 Å². The maximum Gasteiger partial charge on any atom is 0.254 e. The fourth-order valence-corrected chi connectivity index (χ4v) is 2.77. The summed E-state index contributed by atoms with van der Waals surface area (Å²) in [5.41, 5.74) is 0.613. The number of piperidine rings is 1. The lowest BCUT2D eigenvalue weighted by atomic mass is 10.0. The molecule has 0 aliphatic carbocycles. The number of carbonyl (C=O) groups excluding carboxylic acids is 1. The van der Waals surface area contributed by atoms with Gasteiger partial charge in [-0.1, -0.05) is 0 Å². The maximum absolute atomic E-state index is 12.9. The molecule has 1 aromatic rings. The van der Waals surface area contributed by atoms with Crippen molar-refractivity contribution in [2.24, 2.45) is 0 Å². The summed E-state index contributed by atoms with van der Waals surface area (Å²) in [7, 11) is 5.33. The third-order valence-corrected chi connectivity index (χ3v) is 4.12. The van der Waals surface area contributed by atoms with Crippen molar-refractivity contribution in [3.8, 4) is 5.88 Å². The molecule has 0 unspecified atom stereocenters. The molecule has 0 radical (unpaired) electrons. The minimum absolute atomic E-state index is 0.0207. The molecule has 2 heterocycles. The highest BCUT2D eigenvalue weighted by Crippen LogP contribution is 2.19. The fraction of sp³-hybridized carbons (Fsp3) is 0.625. The van der Waals surface area contributed by atoms with Crippen LogP contribution < -0.4 is 4.74 Å². The third-order valence-electron chi connectivity index (χ3n) is 4.12. The number of amides is 1. The molecule has 122 valence electrons. The predicted octanol–water partition coefficient (Wildman–Crippen LogP) is 1.27. The summed E-state index contributed by atoms with van der Waals surface area (Å²) in [6.07, 6.45) is 3.59. The van der Waals surface area contributed by atoms with E-state index in [0.717, 1.165) is 25.9 Å². The molecular formula is C16H25N3O3. The fourth-order valence-electron chi connectivity index (χ4n) is 2.77. The molecule has 0 N–H and O–H groups in total. The van der Waals surface area contributed by atoms with E-state index < -0.39 is 0 Å². The average molecular weight is 307 g/mol. The molecule has 1 saturated heterocycles. The average Bonchev–Trinajstić information content (AvgIpc) is 2.56. The van der Waals surface area contributed by atoms with Gasteiger partial charge in [-0.15, -0.1) is 0 Å². The lowest BCUT2D eigenvalue weighted by molar-refractivity contribution is 0.0504. The molecule has 2 rings (SSSR count). The van der Waals surface area contributed by atoms with Crippen LogP contribution in [0.15, 0.2) is 18.3 Å². The summed E-state index contributed by atoms with van der Waals surface area (Å²) < 4.78 is 10.3. The standard InChI is InChI=1S/C16H25N3O3/c1-18-8-5-14(6-9-18)19(10-11-21-2)16(20)13-4-7-17-15(12-13)22-3/h4,7,12,14H,5-6,8-11H2,1-3H3. The van der Waals surface area contributed by atoms with Crippen molar-refractivity contribution >= 4 is 5.91 Å². The van der Waals surface area contributed by atoms with Gasteiger partial charge in [0.1, 0.15) is 0 Å². The lowest BCUT2D eigenvalue weighted by Gasteiger charge is -2.37. The summed E-state index contributed by atoms with van der Waals surface area (Å²) in [4.78, 5) is 21.2. The Kier molecular flexibility index (Phi) is 6.15. The topological polar surface area (TPSA) is 54.9 Å². The Morgan fingerprint density at radius 2 is 2.14 bits per heavy atom. The largest absolute Gasteiger partial charge is 0.481 e. The molecule has 22 heavy (non-hydrogen) atoms. The van der Waals surface area contributed by atoms with Crippen LogP contribution in [0.1, 0.15) is 23.2 Å². The SMILES string of the molecule is COCCN(C(=O)c1ccnc(OC)c1)C1CCN(C)CC1. The summed E-state index contributed by atoms with van der Waals surface area (Å²) in [5, 5.41) is 0. The Bertz CT molecular complexity index is 487. The second-order valence-corrected chi connectivity index (χ2v) is 5.61. The molecule has 1 aromatic heterocycles. The molecule has 0 atom stereocenters. The normalized spacial score (nSPS) is 16.5. The van der Waals surface area contributed by atoms with Crippen LogP contribution >= 0.6 is 0 Å². The Morgan fingerprint density at radius 3 is 2.77 bits per heavy atom. The Balaban J connectivity index is 2.14. The number of ether oxygens (including phenoxy) is 2. The van der Waals surface area contributed by atoms with Crippen LogP contribution in [-0.2, 0) is 4.74 Å². The number of likely N-dealkylation sites (tertiary alicyclic amines) is 1. The highest BCUT2D eigenvalue weighted by molar-refractivity contribution is 5.94. The minimum Gasteiger partial charge on any atom is -0.481 e. The van der Waals surface area contributed by atoms with Crippen LogP contribution in [0.25, 0.3) is 0 Å². The van der Waals surface area contributed by atoms with Crippen molar-refractivity contribution in [1.82, 2.24) is 14.8 Å². The lowest BCUT2D eigenvalue weighted by Crippen LogP contribution is -2.47. The second kappa shape index (κ2) is 8.10. The zero-order valence-corrected chi connectivity index (χ0v) is 13.6. The van der Waals surface area contributed by atoms with E-state index in [0.29, 0.717) is 24.6 Å². The quantitative estimate of drug-likeness (QED) is 0.792. The Hall–Kier alpha value is -1.66. The third kappa shape index (κ3) is 4.18. The maximum atomic E-state index is 12.9. The van der Waals surface area contributed by atoms with Gasteiger partial charge in [0.15, 0.2) is 0 Å². The van der Waals surface area contributed by atoms with Crippen molar-refractivity contribution in [3.63, 3.8) is 0 Å². The molecule has 0 aromatic carbocycles. The van der Waals surface area contributed by atoms with Gasteiger partial charge < -0.3 is 19.3 Å². The summed E-state index contributed by atoms with van der Waals surface area (Å²) in [5.74, 6) is 0.480. The Labute approximate surface area is 132 Å². The van der Waals surface area contributed by atoms with E-state index in [-0.39, 0.29) is 11.9 Å². The van der Waals surface area contributed by atoms with Crippen LogP contribution in [0, 0.1) is 0 Å². The van der Waals surface area contributed by atoms with E-state index in [2.05, 4.69) is 16.9 Å². The number of rotatable bonds is 6. The summed E-state index contributed by atoms with van der Waals surface area (Å²) in [6.45, 7) is 3.18. The van der Waals surface area contributed by atoms with Crippen LogP contribution in [0.3, 0.4) is 0 Å². The zero-order valence-electron chi connectivity index (χ0n) is 13.6. The number of hydrogen-bond acceptors (Lipinski definition) is 5. The highest BCUT2D eigenvalue weighted by atomic mass is 16.5. The number of nitrogens with zero attached hydrogens (tertiary/aromatic N) is 3. The van der Waals surface area contributed by atoms with Crippen LogP contribution in [0.4, 0.5) is 0 Å². The van der Waals surface area contributed by atoms with Crippen LogP contribution in [0.5, 0.6) is 5.88 Å². The van der Waals surface area contributed by atoms with Gasteiger partial charge in [-0.2, -0.15) is 0 Å². The van der Waals surface area contributed by atoms with Crippen LogP contribution in [0.2, 0.25) is 0 Å². The number of pyridine rings is 1. The van der Waals surface area contributed by atoms with Crippen molar-refractivity contribution in [3.05, 3.63) is 23.9 Å². The van der Waals surface area contributed by atoms with Crippen LogP contribution in [-0.4, -0.2) is 74.2 Å². The zero-order chi connectivity index (χ0) is 15.9. The second-order valence-electron chi connectivity index (χ2n) is 5.61. The molecule has 1 amide bonds. The first kappa shape index (κ1) is 16.7. The van der Waals surface area contributed by atoms with Gasteiger partial charge in [0.2, 0.25) is 5.88 Å². The molecule has 6 heteroatoms. The molecule has 1 aliphatic rings. The summed E-state index contributed by atoms with van der Waals surface area (Å²) >= 11 is 0. The van der Waals surface area contributed by atoms with E-state index >= 15 is 0 Å². The number of hydrogen-bond donors (Lipinski definition) is 0. The van der Waals surface area contributed by atoms with E-state index in [1.807, 2.05) is 4.90 Å². The molecule has 6 nitrogen and oxygen atoms in total. The highest BCUT2D eigenvalue weighted by Gasteiger charge is 2.27. The first-order valence-electron chi connectivity index (χ1n) is 7.64. The summed E-state index contributed by atoms with van der Waals surface area (Å²) in [6, 6.07) is 3.69. The number of methoxy groups -OCH3 is 2. The van der Waals surface area contributed by atoms with Gasteiger partial charge >= 0.3 is 0 Å². The van der Waals surface area contributed by atoms with Gasteiger partial charge in [0.25, 0.3) is 5.91 Å². The van der Waals surface area contributed by atoms with Crippen molar-refractivity contribution in [1.29, 1.82) is 0 Å². The van der Waals surface area contributed by atoms with Crippen molar-refractivity contribution < 1.29 is 14.3 Å². The molecule has 0 spiro atoms. The van der Waals surface area contributed by atoms with Gasteiger partial charge in [-0.3, -0.25) is 4.79 Å². The van der Waals surface area contributed by atoms with E-state index in [1.165, 1.54) is 0 Å². The van der Waals surface area contributed by atoms with Gasteiger partial charge in [-0.05, 0) is 39.0 Å². The molecular weight excluding hydrogens is 282 g/mol. The predicted molar refractivity (Wildman–Crippen MR) is 84.2 cm³/mol. The van der Waals surface area contributed by atoms with Crippen molar-refractivity contribution in [2.75, 3.05) is 47.5 Å². The Morgan fingerprint density at radius 1 is 1.41 bits per heavy atom. The van der Waals surface area contributed by atoms with Gasteiger partial charge in [0, 0.05) is 37.5 Å². The first-order valence-corrected chi connectivity index (χ1v) is 7.64. The van der Waals surface area contributed by atoms with Gasteiger partial charge in [0.05, 0.1) is 13.7 Å². The number of carbonyl (C=O) groups is 1. The van der Waals surface area contributed by atoms with E-state index in [9.17, 15) is 4.79 Å².